The lowest BCUT2D eigenvalue weighted by Crippen LogP contribution is -2.56. The standard InChI is InChI=1S/C18H33N3O7/c1-10(14(23)19-13(12(3)22)16(25)27-9)20(7)15(24)11(2)21(8)17(26)28-18(4,5)6/h10-13,22H,1-9H3,(H,19,23)/t10-,11+,12+,13-/m1/s1. The molecule has 0 bridgehead atoms. The third-order valence-electron chi connectivity index (χ3n) is 4.16. The number of rotatable bonds is 7. The topological polar surface area (TPSA) is 125 Å². The number of aliphatic hydroxyl groups excluding tert-OH is 1. The van der Waals surface area contributed by atoms with Gasteiger partial charge in [0.2, 0.25) is 11.8 Å². The zero-order valence-corrected chi connectivity index (χ0v) is 18.1. The zero-order chi connectivity index (χ0) is 22.4. The summed E-state index contributed by atoms with van der Waals surface area (Å²) in [7, 11) is 3.97. The van der Waals surface area contributed by atoms with Crippen molar-refractivity contribution in [3.05, 3.63) is 0 Å². The Bertz CT molecular complexity index is 586. The van der Waals surface area contributed by atoms with Crippen molar-refractivity contribution >= 4 is 23.9 Å². The number of likely N-dealkylation sites (N-methyl/N-ethyl adjacent to an activating group) is 2. The van der Waals surface area contributed by atoms with Gasteiger partial charge in [-0.05, 0) is 41.5 Å². The van der Waals surface area contributed by atoms with E-state index in [2.05, 4.69) is 10.1 Å². The van der Waals surface area contributed by atoms with Gasteiger partial charge >= 0.3 is 12.1 Å². The molecule has 162 valence electrons. The number of nitrogens with zero attached hydrogens (tertiary/aromatic N) is 2. The third-order valence-corrected chi connectivity index (χ3v) is 4.16. The van der Waals surface area contributed by atoms with Crippen LogP contribution in [-0.4, -0.2) is 89.8 Å². The van der Waals surface area contributed by atoms with Crippen molar-refractivity contribution < 1.29 is 33.8 Å². The number of amides is 3. The summed E-state index contributed by atoms with van der Waals surface area (Å²) >= 11 is 0. The first-order valence-corrected chi connectivity index (χ1v) is 8.92. The maximum absolute atomic E-state index is 12.7. The van der Waals surface area contributed by atoms with Gasteiger partial charge in [-0.25, -0.2) is 9.59 Å². The van der Waals surface area contributed by atoms with Crippen molar-refractivity contribution in [3.8, 4) is 0 Å². The van der Waals surface area contributed by atoms with Crippen LogP contribution in [-0.2, 0) is 23.9 Å². The molecule has 0 radical (unpaired) electrons. The Balaban J connectivity index is 5.11. The number of hydrogen-bond acceptors (Lipinski definition) is 7. The van der Waals surface area contributed by atoms with E-state index < -0.39 is 53.7 Å². The number of carbonyl (C=O) groups is 4. The van der Waals surface area contributed by atoms with Gasteiger partial charge in [0.25, 0.3) is 0 Å². The fourth-order valence-corrected chi connectivity index (χ4v) is 2.10. The largest absolute Gasteiger partial charge is 0.467 e. The van der Waals surface area contributed by atoms with Crippen LogP contribution in [0.4, 0.5) is 4.79 Å². The number of esters is 1. The molecule has 0 aromatic carbocycles. The second-order valence-corrected chi connectivity index (χ2v) is 7.64. The van der Waals surface area contributed by atoms with E-state index in [1.807, 2.05) is 0 Å². The van der Waals surface area contributed by atoms with Gasteiger partial charge in [0.05, 0.1) is 13.2 Å². The Morgan fingerprint density at radius 3 is 1.86 bits per heavy atom. The van der Waals surface area contributed by atoms with E-state index in [1.54, 1.807) is 20.8 Å². The van der Waals surface area contributed by atoms with Crippen LogP contribution in [0.5, 0.6) is 0 Å². The lowest BCUT2D eigenvalue weighted by atomic mass is 10.1. The highest BCUT2D eigenvalue weighted by molar-refractivity contribution is 5.92. The van der Waals surface area contributed by atoms with E-state index in [-0.39, 0.29) is 0 Å². The summed E-state index contributed by atoms with van der Waals surface area (Å²) < 4.78 is 9.78. The van der Waals surface area contributed by atoms with Crippen molar-refractivity contribution in [1.82, 2.24) is 15.1 Å². The number of methoxy groups -OCH3 is 1. The van der Waals surface area contributed by atoms with E-state index in [4.69, 9.17) is 4.74 Å². The first-order valence-electron chi connectivity index (χ1n) is 8.92. The van der Waals surface area contributed by atoms with Crippen LogP contribution in [0.25, 0.3) is 0 Å². The Labute approximate surface area is 166 Å². The average Bonchev–Trinajstić information content (AvgIpc) is 2.60. The van der Waals surface area contributed by atoms with Crippen LogP contribution < -0.4 is 5.32 Å². The van der Waals surface area contributed by atoms with Gasteiger partial charge < -0.3 is 24.8 Å². The van der Waals surface area contributed by atoms with Crippen molar-refractivity contribution in [3.63, 3.8) is 0 Å². The second kappa shape index (κ2) is 10.3. The Hall–Kier alpha value is -2.36. The van der Waals surface area contributed by atoms with Gasteiger partial charge in [-0.1, -0.05) is 0 Å². The molecule has 0 aliphatic heterocycles. The zero-order valence-electron chi connectivity index (χ0n) is 18.1. The van der Waals surface area contributed by atoms with E-state index in [9.17, 15) is 24.3 Å². The second-order valence-electron chi connectivity index (χ2n) is 7.64. The fraction of sp³-hybridized carbons (Fsp3) is 0.778. The van der Waals surface area contributed by atoms with Crippen LogP contribution in [0.1, 0.15) is 41.5 Å². The molecule has 28 heavy (non-hydrogen) atoms. The van der Waals surface area contributed by atoms with Crippen molar-refractivity contribution in [1.29, 1.82) is 0 Å². The summed E-state index contributed by atoms with van der Waals surface area (Å²) in [6.45, 7) is 9.44. The summed E-state index contributed by atoms with van der Waals surface area (Å²) in [6, 6.07) is -3.11. The Morgan fingerprint density at radius 2 is 1.46 bits per heavy atom. The summed E-state index contributed by atoms with van der Waals surface area (Å²) in [5.41, 5.74) is -0.711. The molecule has 0 spiro atoms. The SMILES string of the molecule is COC(=O)[C@H](NC(=O)[C@@H](C)N(C)C(=O)[C@H](C)N(C)C(=O)OC(C)(C)C)[C@H](C)O. The molecule has 10 heteroatoms. The van der Waals surface area contributed by atoms with Gasteiger partial charge in [0.1, 0.15) is 17.7 Å². The molecule has 0 aliphatic rings. The van der Waals surface area contributed by atoms with Crippen LogP contribution >= 0.6 is 0 Å². The molecule has 10 nitrogen and oxygen atoms in total. The third kappa shape index (κ3) is 7.34. The molecular weight excluding hydrogens is 370 g/mol. The highest BCUT2D eigenvalue weighted by atomic mass is 16.6. The number of aliphatic hydroxyl groups is 1. The molecular formula is C18H33N3O7. The van der Waals surface area contributed by atoms with E-state index >= 15 is 0 Å². The quantitative estimate of drug-likeness (QED) is 0.579. The summed E-state index contributed by atoms with van der Waals surface area (Å²) in [6.07, 6.45) is -1.85. The number of hydrogen-bond donors (Lipinski definition) is 2. The summed E-state index contributed by atoms with van der Waals surface area (Å²) in [4.78, 5) is 51.2. The highest BCUT2D eigenvalue weighted by Crippen LogP contribution is 2.12. The minimum absolute atomic E-state index is 0.498. The van der Waals surface area contributed by atoms with Crippen molar-refractivity contribution in [2.24, 2.45) is 0 Å². The first-order chi connectivity index (χ1) is 12.6. The van der Waals surface area contributed by atoms with E-state index in [0.29, 0.717) is 0 Å². The van der Waals surface area contributed by atoms with Gasteiger partial charge in [-0.2, -0.15) is 0 Å². The summed E-state index contributed by atoms with van der Waals surface area (Å²) in [5, 5.41) is 12.0. The molecule has 2 N–H and O–H groups in total. The van der Waals surface area contributed by atoms with E-state index in [0.717, 1.165) is 16.9 Å². The van der Waals surface area contributed by atoms with E-state index in [1.165, 1.54) is 34.9 Å². The minimum Gasteiger partial charge on any atom is -0.467 e. The maximum Gasteiger partial charge on any atom is 0.410 e. The average molecular weight is 403 g/mol. The van der Waals surface area contributed by atoms with Crippen molar-refractivity contribution in [2.75, 3.05) is 21.2 Å². The predicted octanol–water partition coefficient (Wildman–Crippen LogP) is 0.127. The molecule has 0 aromatic rings. The molecule has 0 aromatic heterocycles. The highest BCUT2D eigenvalue weighted by Gasteiger charge is 2.34. The van der Waals surface area contributed by atoms with Gasteiger partial charge in [0, 0.05) is 14.1 Å². The molecule has 0 fully saturated rings. The molecule has 0 rings (SSSR count). The monoisotopic (exact) mass is 403 g/mol. The fourth-order valence-electron chi connectivity index (χ4n) is 2.10. The smallest absolute Gasteiger partial charge is 0.410 e. The molecule has 0 aliphatic carbocycles. The molecule has 0 unspecified atom stereocenters. The predicted molar refractivity (Wildman–Crippen MR) is 101 cm³/mol. The lowest BCUT2D eigenvalue weighted by molar-refractivity contribution is -0.149. The normalized spacial score (nSPS) is 15.5. The molecule has 0 heterocycles. The van der Waals surface area contributed by atoms with Crippen LogP contribution in [0, 0.1) is 0 Å². The van der Waals surface area contributed by atoms with Crippen molar-refractivity contribution in [2.45, 2.75) is 71.4 Å². The number of nitrogens with one attached hydrogen (secondary N) is 1. The molecule has 3 amide bonds. The minimum atomic E-state index is -1.26. The molecule has 4 atom stereocenters. The number of carbonyl (C=O) groups excluding carboxylic acids is 4. The van der Waals surface area contributed by atoms with Crippen LogP contribution in [0.2, 0.25) is 0 Å². The number of ether oxygens (including phenoxy) is 2. The van der Waals surface area contributed by atoms with Gasteiger partial charge in [0.15, 0.2) is 6.04 Å². The Morgan fingerprint density at radius 1 is 0.964 bits per heavy atom. The van der Waals surface area contributed by atoms with Crippen LogP contribution in [0.15, 0.2) is 0 Å². The molecule has 0 saturated carbocycles. The van der Waals surface area contributed by atoms with Gasteiger partial charge in [-0.15, -0.1) is 0 Å². The lowest BCUT2D eigenvalue weighted by Gasteiger charge is -2.32. The summed E-state index contributed by atoms with van der Waals surface area (Å²) in [5.74, 6) is -1.95. The van der Waals surface area contributed by atoms with Gasteiger partial charge in [-0.3, -0.25) is 14.5 Å². The van der Waals surface area contributed by atoms with Crippen LogP contribution in [0.3, 0.4) is 0 Å². The molecule has 0 saturated heterocycles. The maximum atomic E-state index is 12.7. The Kier molecular flexibility index (Phi) is 9.39. The first kappa shape index (κ1) is 25.6.